The molecule has 7 heteroatoms. The van der Waals surface area contributed by atoms with E-state index in [0.717, 1.165) is 0 Å². The molecule has 1 aromatic rings. The van der Waals surface area contributed by atoms with Gasteiger partial charge in [-0.25, -0.2) is 4.39 Å². The first kappa shape index (κ1) is 11.9. The summed E-state index contributed by atoms with van der Waals surface area (Å²) >= 11 is 0. The SMILES string of the molecule is Fc1cc(C(F)(F)F)cnc1C12CCOCC1N2. The highest BCUT2D eigenvalue weighted by molar-refractivity contribution is 5.33. The number of alkyl halides is 3. The lowest BCUT2D eigenvalue weighted by molar-refractivity contribution is -0.138. The van der Waals surface area contributed by atoms with E-state index >= 15 is 0 Å². The molecule has 1 aromatic heterocycles. The fraction of sp³-hybridized carbons (Fsp3) is 0.545. The van der Waals surface area contributed by atoms with Crippen LogP contribution in [0, 0.1) is 5.82 Å². The van der Waals surface area contributed by atoms with Gasteiger partial charge in [-0.2, -0.15) is 13.2 Å². The second-order valence-electron chi connectivity index (χ2n) is 4.55. The number of halogens is 4. The minimum atomic E-state index is -4.57. The van der Waals surface area contributed by atoms with Gasteiger partial charge in [0, 0.05) is 12.8 Å². The predicted octanol–water partition coefficient (Wildman–Crippen LogP) is 1.83. The minimum Gasteiger partial charge on any atom is -0.380 e. The highest BCUT2D eigenvalue weighted by atomic mass is 19.4. The van der Waals surface area contributed by atoms with Crippen LogP contribution in [0.5, 0.6) is 0 Å². The topological polar surface area (TPSA) is 44.1 Å². The summed E-state index contributed by atoms with van der Waals surface area (Å²) in [5.41, 5.74) is -1.64. The van der Waals surface area contributed by atoms with Gasteiger partial charge in [0.05, 0.1) is 29.4 Å². The van der Waals surface area contributed by atoms with Crippen LogP contribution in [0.25, 0.3) is 0 Å². The van der Waals surface area contributed by atoms with Crippen molar-refractivity contribution in [2.75, 3.05) is 13.2 Å². The molecule has 0 spiro atoms. The lowest BCUT2D eigenvalue weighted by Crippen LogP contribution is -2.27. The zero-order valence-corrected chi connectivity index (χ0v) is 9.22. The van der Waals surface area contributed by atoms with Crippen molar-refractivity contribution < 1.29 is 22.3 Å². The van der Waals surface area contributed by atoms with Gasteiger partial charge >= 0.3 is 6.18 Å². The van der Waals surface area contributed by atoms with Crippen LogP contribution in [-0.2, 0) is 16.5 Å². The summed E-state index contributed by atoms with van der Waals surface area (Å²) < 4.78 is 56.2. The van der Waals surface area contributed by atoms with E-state index in [1.165, 1.54) is 0 Å². The zero-order chi connectivity index (χ0) is 13.0. The maximum Gasteiger partial charge on any atom is 0.417 e. The third kappa shape index (κ3) is 1.69. The van der Waals surface area contributed by atoms with Crippen LogP contribution in [0.2, 0.25) is 0 Å². The van der Waals surface area contributed by atoms with Crippen molar-refractivity contribution in [3.05, 3.63) is 29.3 Å². The Morgan fingerprint density at radius 2 is 2.22 bits per heavy atom. The molecule has 98 valence electrons. The molecule has 3 heterocycles. The van der Waals surface area contributed by atoms with E-state index in [-0.39, 0.29) is 11.7 Å². The van der Waals surface area contributed by atoms with Crippen molar-refractivity contribution in [3.8, 4) is 0 Å². The number of hydrogen-bond acceptors (Lipinski definition) is 3. The third-order valence-electron chi connectivity index (χ3n) is 3.46. The first-order chi connectivity index (χ1) is 8.43. The molecular formula is C11H10F4N2O. The Balaban J connectivity index is 1.95. The lowest BCUT2D eigenvalue weighted by atomic mass is 9.94. The van der Waals surface area contributed by atoms with Crippen LogP contribution in [0.15, 0.2) is 12.3 Å². The summed E-state index contributed by atoms with van der Waals surface area (Å²) in [6.45, 7) is 0.883. The van der Waals surface area contributed by atoms with Crippen molar-refractivity contribution >= 4 is 0 Å². The van der Waals surface area contributed by atoms with Gasteiger partial charge in [-0.3, -0.25) is 10.3 Å². The lowest BCUT2D eigenvalue weighted by Gasteiger charge is -2.20. The van der Waals surface area contributed by atoms with E-state index in [0.29, 0.717) is 31.9 Å². The zero-order valence-electron chi connectivity index (χ0n) is 9.22. The smallest absolute Gasteiger partial charge is 0.380 e. The molecule has 18 heavy (non-hydrogen) atoms. The van der Waals surface area contributed by atoms with Crippen molar-refractivity contribution in [3.63, 3.8) is 0 Å². The van der Waals surface area contributed by atoms with Crippen molar-refractivity contribution in [1.82, 2.24) is 10.3 Å². The Bertz CT molecular complexity index is 490. The molecular weight excluding hydrogens is 252 g/mol. The molecule has 2 aliphatic heterocycles. The average molecular weight is 262 g/mol. The second kappa shape index (κ2) is 3.64. The van der Waals surface area contributed by atoms with E-state index in [4.69, 9.17) is 4.74 Å². The minimum absolute atomic E-state index is 0.0509. The number of fused-ring (bicyclic) bond motifs is 1. The quantitative estimate of drug-likeness (QED) is 0.620. The average Bonchev–Trinajstić information content (AvgIpc) is 3.02. The summed E-state index contributed by atoms with van der Waals surface area (Å²) in [5.74, 6) is -0.915. The van der Waals surface area contributed by atoms with Gasteiger partial charge in [-0.15, -0.1) is 0 Å². The first-order valence-corrected chi connectivity index (χ1v) is 5.52. The first-order valence-electron chi connectivity index (χ1n) is 5.52. The van der Waals surface area contributed by atoms with E-state index in [1.807, 2.05) is 0 Å². The molecule has 2 unspecified atom stereocenters. The Hall–Kier alpha value is -1.21. The fourth-order valence-electron chi connectivity index (χ4n) is 2.41. The monoisotopic (exact) mass is 262 g/mol. The number of pyridine rings is 1. The molecule has 2 saturated heterocycles. The molecule has 0 aromatic carbocycles. The highest BCUT2D eigenvalue weighted by Crippen LogP contribution is 2.44. The van der Waals surface area contributed by atoms with E-state index in [2.05, 4.69) is 10.3 Å². The molecule has 3 nitrogen and oxygen atoms in total. The molecule has 2 aliphatic rings. The summed E-state index contributed by atoms with van der Waals surface area (Å²) in [6, 6.07) is 0.453. The molecule has 3 rings (SSSR count). The number of hydrogen-bond donors (Lipinski definition) is 1. The van der Waals surface area contributed by atoms with Gasteiger partial charge < -0.3 is 4.74 Å². The van der Waals surface area contributed by atoms with Gasteiger partial charge in [-0.1, -0.05) is 0 Å². The van der Waals surface area contributed by atoms with Crippen LogP contribution in [0.3, 0.4) is 0 Å². The summed E-state index contributed by atoms with van der Waals surface area (Å²) in [7, 11) is 0. The van der Waals surface area contributed by atoms with Crippen LogP contribution in [0.4, 0.5) is 17.6 Å². The molecule has 0 radical (unpaired) electrons. The van der Waals surface area contributed by atoms with Gasteiger partial charge in [-0.05, 0) is 12.5 Å². The van der Waals surface area contributed by atoms with Crippen molar-refractivity contribution in [1.29, 1.82) is 0 Å². The van der Waals surface area contributed by atoms with E-state index in [9.17, 15) is 17.6 Å². The number of aromatic nitrogens is 1. The summed E-state index contributed by atoms with van der Waals surface area (Å²) in [4.78, 5) is 3.67. The number of ether oxygens (including phenoxy) is 1. The van der Waals surface area contributed by atoms with Gasteiger partial charge in [0.25, 0.3) is 0 Å². The highest BCUT2D eigenvalue weighted by Gasteiger charge is 2.58. The number of rotatable bonds is 1. The Morgan fingerprint density at radius 3 is 2.83 bits per heavy atom. The summed E-state index contributed by atoms with van der Waals surface area (Å²) in [6.07, 6.45) is -3.37. The standard InChI is InChI=1S/C11H10F4N2O/c12-7-3-6(11(13,14)15)4-16-9(7)10-1-2-18-5-8(10)17-10/h3-4,8,17H,1-2,5H2. The van der Waals surface area contributed by atoms with Crippen LogP contribution in [0.1, 0.15) is 17.7 Å². The third-order valence-corrected chi connectivity index (χ3v) is 3.46. The normalized spacial score (nSPS) is 31.0. The van der Waals surface area contributed by atoms with Gasteiger partial charge in [0.15, 0.2) is 0 Å². The molecule has 0 bridgehead atoms. The van der Waals surface area contributed by atoms with Gasteiger partial charge in [0.1, 0.15) is 5.82 Å². The Kier molecular flexibility index (Phi) is 2.40. The van der Waals surface area contributed by atoms with Crippen LogP contribution in [-0.4, -0.2) is 24.2 Å². The number of nitrogens with zero attached hydrogens (tertiary/aromatic N) is 1. The largest absolute Gasteiger partial charge is 0.417 e. The van der Waals surface area contributed by atoms with Crippen molar-refractivity contribution in [2.24, 2.45) is 0 Å². The Labute approximate surface area is 100 Å². The predicted molar refractivity (Wildman–Crippen MR) is 53.2 cm³/mol. The Morgan fingerprint density at radius 1 is 1.44 bits per heavy atom. The molecule has 2 atom stereocenters. The molecule has 2 fully saturated rings. The fourth-order valence-corrected chi connectivity index (χ4v) is 2.41. The molecule has 0 saturated carbocycles. The maximum atomic E-state index is 13.8. The van der Waals surface area contributed by atoms with E-state index in [1.54, 1.807) is 0 Å². The van der Waals surface area contributed by atoms with E-state index < -0.39 is 23.1 Å². The van der Waals surface area contributed by atoms with Gasteiger partial charge in [0.2, 0.25) is 0 Å². The molecule has 1 N–H and O–H groups in total. The van der Waals surface area contributed by atoms with Crippen molar-refractivity contribution in [2.45, 2.75) is 24.2 Å². The summed E-state index contributed by atoms with van der Waals surface area (Å²) in [5, 5.41) is 3.05. The van der Waals surface area contributed by atoms with Crippen LogP contribution >= 0.6 is 0 Å². The number of nitrogens with one attached hydrogen (secondary N) is 1. The maximum absolute atomic E-state index is 13.8. The molecule has 0 aliphatic carbocycles. The molecule has 0 amide bonds. The second-order valence-corrected chi connectivity index (χ2v) is 4.55. The van der Waals surface area contributed by atoms with Crippen LogP contribution < -0.4 is 5.32 Å².